The van der Waals surface area contributed by atoms with Gasteiger partial charge in [-0.1, -0.05) is 21.9 Å². The Labute approximate surface area is 182 Å². The second kappa shape index (κ2) is 11.5. The number of methoxy groups -OCH3 is 2. The lowest BCUT2D eigenvalue weighted by molar-refractivity contribution is -0.120. The number of terminal acetylenes is 1. The van der Waals surface area contributed by atoms with Crippen molar-refractivity contribution in [2.75, 3.05) is 27.4 Å². The van der Waals surface area contributed by atoms with Gasteiger partial charge in [0.05, 0.1) is 27.0 Å². The van der Waals surface area contributed by atoms with Gasteiger partial charge in [-0.05, 0) is 36.4 Å². The van der Waals surface area contributed by atoms with Gasteiger partial charge in [-0.2, -0.15) is 5.10 Å². The smallest absolute Gasteiger partial charge is 0.259 e. The summed E-state index contributed by atoms with van der Waals surface area (Å²) in [5, 5.41) is 6.40. The molecule has 30 heavy (non-hydrogen) atoms. The third-order valence-electron chi connectivity index (χ3n) is 3.73. The fraction of sp³-hybridized carbons (Fsp3) is 0.190. The van der Waals surface area contributed by atoms with Crippen LogP contribution in [0.25, 0.3) is 0 Å². The number of hydrogen-bond donors (Lipinski definition) is 2. The summed E-state index contributed by atoms with van der Waals surface area (Å²) in [5.41, 5.74) is 3.29. The molecular weight excluding hydrogens is 454 g/mol. The van der Waals surface area contributed by atoms with Gasteiger partial charge in [-0.25, -0.2) is 5.43 Å². The van der Waals surface area contributed by atoms with Crippen LogP contribution in [0.5, 0.6) is 17.2 Å². The molecule has 2 amide bonds. The number of halogens is 1. The second-order valence-electron chi connectivity index (χ2n) is 5.72. The quantitative estimate of drug-likeness (QED) is 0.331. The number of rotatable bonds is 9. The maximum Gasteiger partial charge on any atom is 0.259 e. The van der Waals surface area contributed by atoms with Gasteiger partial charge in [-0.15, -0.1) is 6.42 Å². The number of nitrogens with zero attached hydrogens (tertiary/aromatic N) is 1. The summed E-state index contributed by atoms with van der Waals surface area (Å²) in [6.07, 6.45) is 6.63. The summed E-state index contributed by atoms with van der Waals surface area (Å²) in [5.74, 6) is 2.88. The SMILES string of the molecule is C#CCOc1ccc(Br)cc1/C=N/NC(=O)CNC(=O)c1ccc(OC)c(OC)c1. The van der Waals surface area contributed by atoms with Gasteiger partial charge in [0.2, 0.25) is 0 Å². The maximum absolute atomic E-state index is 12.2. The number of carbonyl (C=O) groups is 2. The van der Waals surface area contributed by atoms with E-state index in [9.17, 15) is 9.59 Å². The van der Waals surface area contributed by atoms with E-state index >= 15 is 0 Å². The monoisotopic (exact) mass is 473 g/mol. The van der Waals surface area contributed by atoms with E-state index in [1.807, 2.05) is 0 Å². The van der Waals surface area contributed by atoms with Crippen molar-refractivity contribution in [2.24, 2.45) is 5.10 Å². The molecule has 0 saturated carbocycles. The predicted molar refractivity (Wildman–Crippen MR) is 116 cm³/mol. The van der Waals surface area contributed by atoms with E-state index in [4.69, 9.17) is 20.6 Å². The molecule has 0 spiro atoms. The summed E-state index contributed by atoms with van der Waals surface area (Å²) in [6, 6.07) is 9.99. The van der Waals surface area contributed by atoms with Crippen molar-refractivity contribution in [3.63, 3.8) is 0 Å². The Kier molecular flexibility index (Phi) is 8.72. The third-order valence-corrected chi connectivity index (χ3v) is 4.22. The number of benzene rings is 2. The fourth-order valence-corrected chi connectivity index (χ4v) is 2.70. The lowest BCUT2D eigenvalue weighted by Crippen LogP contribution is -2.34. The lowest BCUT2D eigenvalue weighted by Gasteiger charge is -2.09. The minimum absolute atomic E-state index is 0.108. The van der Waals surface area contributed by atoms with Crippen LogP contribution < -0.4 is 25.0 Å². The second-order valence-corrected chi connectivity index (χ2v) is 6.64. The van der Waals surface area contributed by atoms with Crippen molar-refractivity contribution < 1.29 is 23.8 Å². The molecule has 2 N–H and O–H groups in total. The van der Waals surface area contributed by atoms with Crippen molar-refractivity contribution in [3.8, 4) is 29.6 Å². The normalized spacial score (nSPS) is 10.2. The molecule has 0 aliphatic heterocycles. The van der Waals surface area contributed by atoms with Crippen molar-refractivity contribution in [1.29, 1.82) is 0 Å². The van der Waals surface area contributed by atoms with Crippen LogP contribution in [0.1, 0.15) is 15.9 Å². The first-order chi connectivity index (χ1) is 14.5. The molecule has 0 aliphatic rings. The Morgan fingerprint density at radius 2 is 1.87 bits per heavy atom. The molecule has 0 bridgehead atoms. The van der Waals surface area contributed by atoms with E-state index < -0.39 is 11.8 Å². The van der Waals surface area contributed by atoms with Crippen molar-refractivity contribution in [3.05, 3.63) is 52.0 Å². The number of ether oxygens (including phenoxy) is 3. The molecule has 0 fully saturated rings. The number of hydrogen-bond acceptors (Lipinski definition) is 6. The van der Waals surface area contributed by atoms with Gasteiger partial charge in [0.15, 0.2) is 11.5 Å². The van der Waals surface area contributed by atoms with Gasteiger partial charge in [0.25, 0.3) is 11.8 Å². The van der Waals surface area contributed by atoms with Crippen LogP contribution in [0.2, 0.25) is 0 Å². The van der Waals surface area contributed by atoms with Crippen molar-refractivity contribution in [2.45, 2.75) is 0 Å². The molecule has 0 aromatic heterocycles. The van der Waals surface area contributed by atoms with E-state index in [1.54, 1.807) is 30.3 Å². The van der Waals surface area contributed by atoms with Crippen LogP contribution in [0.3, 0.4) is 0 Å². The van der Waals surface area contributed by atoms with Crippen LogP contribution in [0, 0.1) is 12.3 Å². The minimum Gasteiger partial charge on any atom is -0.493 e. The standard InChI is InChI=1S/C21H20BrN3O5/c1-4-9-30-17-8-6-16(22)10-15(17)12-24-25-20(26)13-23-21(27)14-5-7-18(28-2)19(11-14)29-3/h1,5-8,10-12H,9,13H2,2-3H3,(H,23,27)(H,25,26)/b24-12+. The minimum atomic E-state index is -0.499. The van der Waals surface area contributed by atoms with Crippen molar-refractivity contribution in [1.82, 2.24) is 10.7 Å². The molecule has 0 aliphatic carbocycles. The summed E-state index contributed by atoms with van der Waals surface area (Å²) in [4.78, 5) is 24.2. The van der Waals surface area contributed by atoms with Gasteiger partial charge in [0.1, 0.15) is 12.4 Å². The van der Waals surface area contributed by atoms with Gasteiger partial charge < -0.3 is 19.5 Å². The fourth-order valence-electron chi connectivity index (χ4n) is 2.32. The highest BCUT2D eigenvalue weighted by Gasteiger charge is 2.12. The van der Waals surface area contributed by atoms with E-state index in [2.05, 4.69) is 37.7 Å². The van der Waals surface area contributed by atoms with Crippen LogP contribution >= 0.6 is 15.9 Å². The third kappa shape index (κ3) is 6.53. The topological polar surface area (TPSA) is 98.2 Å². The number of amides is 2. The average molecular weight is 474 g/mol. The molecule has 9 heteroatoms. The molecule has 0 unspecified atom stereocenters. The molecule has 156 valence electrons. The maximum atomic E-state index is 12.2. The number of carbonyl (C=O) groups excluding carboxylic acids is 2. The van der Waals surface area contributed by atoms with Crippen LogP contribution in [-0.4, -0.2) is 45.4 Å². The summed E-state index contributed by atoms with van der Waals surface area (Å²) >= 11 is 3.36. The van der Waals surface area contributed by atoms with E-state index in [0.717, 1.165) is 4.47 Å². The first kappa shape index (κ1) is 22.8. The Hall–Kier alpha value is -3.51. The zero-order chi connectivity index (χ0) is 21.9. The Morgan fingerprint density at radius 1 is 1.13 bits per heavy atom. The molecule has 8 nitrogen and oxygen atoms in total. The van der Waals surface area contributed by atoms with E-state index in [-0.39, 0.29) is 13.2 Å². The summed E-state index contributed by atoms with van der Waals surface area (Å²) in [6.45, 7) is -0.152. The Bertz CT molecular complexity index is 985. The van der Waals surface area contributed by atoms with Crippen LogP contribution in [0.4, 0.5) is 0 Å². The number of hydrazone groups is 1. The summed E-state index contributed by atoms with van der Waals surface area (Å²) in [7, 11) is 2.97. The average Bonchev–Trinajstić information content (AvgIpc) is 2.76. The van der Waals surface area contributed by atoms with Gasteiger partial charge in [0, 0.05) is 15.6 Å². The largest absolute Gasteiger partial charge is 0.493 e. The van der Waals surface area contributed by atoms with Crippen molar-refractivity contribution >= 4 is 34.0 Å². The Balaban J connectivity index is 1.92. The highest BCUT2D eigenvalue weighted by atomic mass is 79.9. The summed E-state index contributed by atoms with van der Waals surface area (Å²) < 4.78 is 16.5. The first-order valence-electron chi connectivity index (χ1n) is 8.66. The molecule has 2 aromatic rings. The van der Waals surface area contributed by atoms with E-state index in [1.165, 1.54) is 26.5 Å². The molecular formula is C21H20BrN3O5. The lowest BCUT2D eigenvalue weighted by atomic mass is 10.2. The molecule has 0 radical (unpaired) electrons. The Morgan fingerprint density at radius 3 is 2.57 bits per heavy atom. The zero-order valence-corrected chi connectivity index (χ0v) is 18.0. The molecule has 2 aromatic carbocycles. The highest BCUT2D eigenvalue weighted by molar-refractivity contribution is 9.10. The highest BCUT2D eigenvalue weighted by Crippen LogP contribution is 2.27. The number of nitrogens with one attached hydrogen (secondary N) is 2. The molecule has 0 heterocycles. The molecule has 2 rings (SSSR count). The van der Waals surface area contributed by atoms with Crippen LogP contribution in [-0.2, 0) is 4.79 Å². The zero-order valence-electron chi connectivity index (χ0n) is 16.4. The van der Waals surface area contributed by atoms with E-state index in [0.29, 0.717) is 28.4 Å². The molecule has 0 atom stereocenters. The van der Waals surface area contributed by atoms with Gasteiger partial charge in [-0.3, -0.25) is 9.59 Å². The predicted octanol–water partition coefficient (Wildman–Crippen LogP) is 2.36. The van der Waals surface area contributed by atoms with Crippen LogP contribution in [0.15, 0.2) is 46.0 Å². The van der Waals surface area contributed by atoms with Gasteiger partial charge >= 0.3 is 0 Å². The molecule has 0 saturated heterocycles. The first-order valence-corrected chi connectivity index (χ1v) is 9.45.